The third kappa shape index (κ3) is 4.50. The summed E-state index contributed by atoms with van der Waals surface area (Å²) < 4.78 is 1.77. The molecule has 2 aliphatic heterocycles. The van der Waals surface area contributed by atoms with Crippen LogP contribution in [-0.4, -0.2) is 70.5 Å². The summed E-state index contributed by atoms with van der Waals surface area (Å²) in [6.07, 6.45) is 7.74. The maximum atomic E-state index is 12.9. The lowest BCUT2D eigenvalue weighted by molar-refractivity contribution is 0.0712. The number of nitrogens with zero attached hydrogens (tertiary/aromatic N) is 4. The van der Waals surface area contributed by atoms with Gasteiger partial charge in [0.15, 0.2) is 0 Å². The minimum atomic E-state index is -0.0641. The number of hydrogen-bond donors (Lipinski definition) is 1. The number of carbonyl (C=O) groups is 2. The molecule has 0 aliphatic carbocycles. The van der Waals surface area contributed by atoms with Gasteiger partial charge in [-0.1, -0.05) is 18.2 Å². The van der Waals surface area contributed by atoms with Gasteiger partial charge in [0.25, 0.3) is 11.8 Å². The highest BCUT2D eigenvalue weighted by atomic mass is 16.2. The van der Waals surface area contributed by atoms with Gasteiger partial charge in [-0.15, -0.1) is 0 Å². The maximum Gasteiger partial charge on any atom is 0.255 e. The molecule has 172 valence electrons. The van der Waals surface area contributed by atoms with E-state index in [2.05, 4.69) is 34.5 Å². The first-order chi connectivity index (χ1) is 16.1. The lowest BCUT2D eigenvalue weighted by atomic mass is 9.89. The minimum Gasteiger partial charge on any atom is -0.350 e. The zero-order valence-electron chi connectivity index (χ0n) is 19.1. The van der Waals surface area contributed by atoms with Crippen LogP contribution in [0.2, 0.25) is 0 Å². The number of benzene rings is 1. The van der Waals surface area contributed by atoms with Crippen LogP contribution in [0, 0.1) is 0 Å². The van der Waals surface area contributed by atoms with E-state index in [-0.39, 0.29) is 11.8 Å². The number of piperidine rings is 1. The van der Waals surface area contributed by atoms with Crippen molar-refractivity contribution in [3.8, 4) is 0 Å². The van der Waals surface area contributed by atoms with Crippen molar-refractivity contribution < 1.29 is 9.59 Å². The summed E-state index contributed by atoms with van der Waals surface area (Å²) in [5.41, 5.74) is 3.41. The van der Waals surface area contributed by atoms with E-state index in [9.17, 15) is 9.59 Å². The molecule has 1 aromatic carbocycles. The van der Waals surface area contributed by atoms with Crippen molar-refractivity contribution in [2.45, 2.75) is 37.6 Å². The molecule has 4 heterocycles. The van der Waals surface area contributed by atoms with Gasteiger partial charge in [-0.2, -0.15) is 5.10 Å². The van der Waals surface area contributed by atoms with Crippen LogP contribution in [0.25, 0.3) is 5.52 Å². The number of aromatic nitrogens is 2. The first kappa shape index (κ1) is 21.6. The van der Waals surface area contributed by atoms with Gasteiger partial charge in [0.05, 0.1) is 17.3 Å². The number of likely N-dealkylation sites (tertiary alicyclic amines) is 2. The third-order valence-electron chi connectivity index (χ3n) is 7.23. The predicted octanol–water partition coefficient (Wildman–Crippen LogP) is 3.18. The van der Waals surface area contributed by atoms with Crippen molar-refractivity contribution in [1.29, 1.82) is 0 Å². The van der Waals surface area contributed by atoms with Crippen molar-refractivity contribution in [2.75, 3.05) is 33.2 Å². The first-order valence-corrected chi connectivity index (χ1v) is 11.9. The number of likely N-dealkylation sites (N-methyl/N-ethyl adjacent to an activating group) is 1. The van der Waals surface area contributed by atoms with Gasteiger partial charge in [0.2, 0.25) is 0 Å². The smallest absolute Gasteiger partial charge is 0.255 e. The maximum absolute atomic E-state index is 12.9. The Labute approximate surface area is 194 Å². The fourth-order valence-corrected chi connectivity index (χ4v) is 5.15. The normalized spacial score (nSPS) is 19.8. The third-order valence-corrected chi connectivity index (χ3v) is 7.23. The Balaban J connectivity index is 1.25. The largest absolute Gasteiger partial charge is 0.350 e. The molecule has 7 nitrogen and oxygen atoms in total. The number of pyridine rings is 1. The van der Waals surface area contributed by atoms with E-state index in [0.29, 0.717) is 24.1 Å². The van der Waals surface area contributed by atoms with Crippen LogP contribution in [0.1, 0.15) is 57.9 Å². The Kier molecular flexibility index (Phi) is 6.13. The van der Waals surface area contributed by atoms with Gasteiger partial charge < -0.3 is 15.1 Å². The fraction of sp³-hybridized carbons (Fsp3) is 0.423. The number of rotatable bonds is 5. The van der Waals surface area contributed by atoms with Crippen molar-refractivity contribution in [2.24, 2.45) is 0 Å². The summed E-state index contributed by atoms with van der Waals surface area (Å²) in [5.74, 6) is 0.408. The molecule has 5 rings (SSSR count). The molecule has 0 unspecified atom stereocenters. The van der Waals surface area contributed by atoms with Gasteiger partial charge in [-0.05, 0) is 75.0 Å². The van der Waals surface area contributed by atoms with Crippen molar-refractivity contribution in [3.63, 3.8) is 0 Å². The molecule has 3 aromatic rings. The molecule has 0 bridgehead atoms. The lowest BCUT2D eigenvalue weighted by Gasteiger charge is -2.32. The molecule has 0 saturated carbocycles. The average Bonchev–Trinajstić information content (AvgIpc) is 3.48. The molecule has 0 radical (unpaired) electrons. The highest BCUT2D eigenvalue weighted by Crippen LogP contribution is 2.30. The van der Waals surface area contributed by atoms with Crippen molar-refractivity contribution in [3.05, 3.63) is 71.5 Å². The van der Waals surface area contributed by atoms with Gasteiger partial charge >= 0.3 is 0 Å². The minimum absolute atomic E-state index is 0.0641. The summed E-state index contributed by atoms with van der Waals surface area (Å²) in [7, 11) is 2.12. The van der Waals surface area contributed by atoms with E-state index < -0.39 is 0 Å². The summed E-state index contributed by atoms with van der Waals surface area (Å²) in [4.78, 5) is 29.9. The number of hydrogen-bond acceptors (Lipinski definition) is 4. The van der Waals surface area contributed by atoms with E-state index in [1.54, 1.807) is 10.7 Å². The van der Waals surface area contributed by atoms with Crippen molar-refractivity contribution in [1.82, 2.24) is 24.7 Å². The average molecular weight is 446 g/mol. The second kappa shape index (κ2) is 9.35. The van der Waals surface area contributed by atoms with Gasteiger partial charge in [0, 0.05) is 37.4 Å². The van der Waals surface area contributed by atoms with Gasteiger partial charge in [-0.3, -0.25) is 9.59 Å². The molecule has 2 aliphatic rings. The molecule has 7 heteroatoms. The van der Waals surface area contributed by atoms with Crippen molar-refractivity contribution >= 4 is 17.3 Å². The van der Waals surface area contributed by atoms with E-state index in [1.807, 2.05) is 41.4 Å². The molecule has 2 amide bonds. The Morgan fingerprint density at radius 1 is 1.06 bits per heavy atom. The van der Waals surface area contributed by atoms with Crippen LogP contribution in [-0.2, 0) is 0 Å². The topological polar surface area (TPSA) is 70.0 Å². The molecule has 33 heavy (non-hydrogen) atoms. The van der Waals surface area contributed by atoms with E-state index in [0.717, 1.165) is 50.0 Å². The summed E-state index contributed by atoms with van der Waals surface area (Å²) in [6, 6.07) is 14.1. The summed E-state index contributed by atoms with van der Waals surface area (Å²) in [5, 5.41) is 7.49. The standard InChI is InChI=1S/C26H31N5O2/c1-29-12-5-8-22(29)17-27-25(32)23-18-28-31-15-11-21(16-24(23)31)19-9-13-30(14-10-19)26(33)20-6-3-2-4-7-20/h2-4,6-7,11,15-16,18-19,22H,5,8-10,12-14,17H2,1H3,(H,27,32)/t22-/m1/s1. The monoisotopic (exact) mass is 445 g/mol. The molecule has 2 fully saturated rings. The molecular weight excluding hydrogens is 414 g/mol. The summed E-state index contributed by atoms with van der Waals surface area (Å²) in [6.45, 7) is 3.24. The van der Waals surface area contributed by atoms with E-state index in [1.165, 1.54) is 12.0 Å². The first-order valence-electron chi connectivity index (χ1n) is 11.9. The molecular formula is C26H31N5O2. The van der Waals surface area contributed by atoms with Crippen LogP contribution in [0.3, 0.4) is 0 Å². The van der Waals surface area contributed by atoms with Crippen LogP contribution in [0.4, 0.5) is 0 Å². The highest BCUT2D eigenvalue weighted by Gasteiger charge is 2.26. The Bertz CT molecular complexity index is 1130. The highest BCUT2D eigenvalue weighted by molar-refractivity contribution is 6.00. The van der Waals surface area contributed by atoms with Gasteiger partial charge in [-0.25, -0.2) is 4.52 Å². The number of amides is 2. The Morgan fingerprint density at radius 2 is 1.85 bits per heavy atom. The SMILES string of the molecule is CN1CCC[C@@H]1CNC(=O)c1cnn2ccc(C3CCN(C(=O)c4ccccc4)CC3)cc12. The van der Waals surface area contributed by atoms with E-state index >= 15 is 0 Å². The predicted molar refractivity (Wildman–Crippen MR) is 127 cm³/mol. The zero-order chi connectivity index (χ0) is 22.8. The molecule has 1 N–H and O–H groups in total. The Hall–Kier alpha value is -3.19. The van der Waals surface area contributed by atoms with Gasteiger partial charge in [0.1, 0.15) is 0 Å². The van der Waals surface area contributed by atoms with Crippen LogP contribution < -0.4 is 5.32 Å². The summed E-state index contributed by atoms with van der Waals surface area (Å²) >= 11 is 0. The second-order valence-corrected chi connectivity index (χ2v) is 9.27. The quantitative estimate of drug-likeness (QED) is 0.655. The lowest BCUT2D eigenvalue weighted by Crippen LogP contribution is -2.38. The van der Waals surface area contributed by atoms with E-state index in [4.69, 9.17) is 0 Å². The zero-order valence-corrected chi connectivity index (χ0v) is 19.1. The molecule has 2 aromatic heterocycles. The molecule has 1 atom stereocenters. The van der Waals surface area contributed by atoms with Crippen LogP contribution in [0.5, 0.6) is 0 Å². The number of carbonyl (C=O) groups excluding carboxylic acids is 2. The molecule has 2 saturated heterocycles. The second-order valence-electron chi connectivity index (χ2n) is 9.27. The number of fused-ring (bicyclic) bond motifs is 1. The fourth-order valence-electron chi connectivity index (χ4n) is 5.15. The van der Waals surface area contributed by atoms with Crippen LogP contribution in [0.15, 0.2) is 54.9 Å². The Morgan fingerprint density at radius 3 is 2.58 bits per heavy atom. The number of nitrogens with one attached hydrogen (secondary N) is 1. The molecule has 0 spiro atoms. The van der Waals surface area contributed by atoms with Crippen LogP contribution >= 0.6 is 0 Å².